The molecule has 2 saturated heterocycles. The maximum Gasteiger partial charge on any atom is 0.344 e. The summed E-state index contributed by atoms with van der Waals surface area (Å²) in [4.78, 5) is 27.2. The molecule has 8 nitrogen and oxygen atoms in total. The maximum atomic E-state index is 12.8. The highest BCUT2D eigenvalue weighted by atomic mass is 32.1. The van der Waals surface area contributed by atoms with Crippen LogP contribution in [0.3, 0.4) is 0 Å². The summed E-state index contributed by atoms with van der Waals surface area (Å²) in [5.74, 6) is -0.896. The van der Waals surface area contributed by atoms with E-state index < -0.39 is 23.1 Å². The van der Waals surface area contributed by atoms with Gasteiger partial charge >= 0.3 is 11.9 Å². The molecular weight excluding hydrogens is 621 g/mol. The fraction of sp³-hybridized carbons (Fsp3) is 0.722. The molecule has 4 aliphatic rings. The Balaban J connectivity index is 0.000000240. The molecule has 0 spiro atoms. The molecule has 4 atom stereocenters. The molecule has 260 valence electrons. The van der Waals surface area contributed by atoms with E-state index in [0.29, 0.717) is 0 Å². The summed E-state index contributed by atoms with van der Waals surface area (Å²) in [5, 5.41) is 26.4. The second kappa shape index (κ2) is 15.6. The Hall–Kier alpha value is -1.82. The Kier molecular flexibility index (Phi) is 13.1. The number of rotatable bonds is 8. The fourth-order valence-electron chi connectivity index (χ4n) is 7.74. The zero-order valence-corrected chi connectivity index (χ0v) is 28.5. The lowest BCUT2D eigenvalue weighted by Gasteiger charge is -2.32. The molecule has 2 saturated carbocycles. The van der Waals surface area contributed by atoms with Crippen molar-refractivity contribution in [2.45, 2.75) is 102 Å². The van der Waals surface area contributed by atoms with Gasteiger partial charge in [-0.05, 0) is 48.6 Å². The number of quaternary nitrogens is 2. The van der Waals surface area contributed by atoms with Gasteiger partial charge in [-0.25, -0.2) is 9.59 Å². The van der Waals surface area contributed by atoms with Gasteiger partial charge in [-0.15, -0.1) is 22.7 Å². The van der Waals surface area contributed by atoms with Crippen LogP contribution in [0.4, 0.5) is 0 Å². The molecule has 6 rings (SSSR count). The highest BCUT2D eigenvalue weighted by Gasteiger charge is 2.51. The number of carbonyl (C=O) groups excluding carboxylic acids is 2. The van der Waals surface area contributed by atoms with Gasteiger partial charge in [0.1, 0.15) is 13.1 Å². The van der Waals surface area contributed by atoms with Gasteiger partial charge in [0, 0.05) is 34.4 Å². The second-order valence-corrected chi connectivity index (χ2v) is 16.7. The van der Waals surface area contributed by atoms with Crippen molar-refractivity contribution in [1.82, 2.24) is 0 Å². The van der Waals surface area contributed by atoms with E-state index in [9.17, 15) is 19.8 Å². The first kappa shape index (κ1) is 38.6. The van der Waals surface area contributed by atoms with Crippen LogP contribution in [0.2, 0.25) is 0 Å². The lowest BCUT2D eigenvalue weighted by atomic mass is 9.84. The van der Waals surface area contributed by atoms with Crippen LogP contribution in [0.5, 0.6) is 0 Å². The molecule has 0 radical (unpaired) electrons. The van der Waals surface area contributed by atoms with Crippen molar-refractivity contribution >= 4 is 34.6 Å². The van der Waals surface area contributed by atoms with E-state index in [-0.39, 0.29) is 38.9 Å². The molecule has 10 heteroatoms. The van der Waals surface area contributed by atoms with Crippen molar-refractivity contribution in [3.05, 3.63) is 44.8 Å². The van der Waals surface area contributed by atoms with Gasteiger partial charge in [0.05, 0.1) is 41.3 Å². The molecule has 0 amide bonds. The molecule has 46 heavy (non-hydrogen) atoms. The Labute approximate surface area is 285 Å². The summed E-state index contributed by atoms with van der Waals surface area (Å²) in [6.45, 7) is 3.69. The third-order valence-corrected chi connectivity index (χ3v) is 12.4. The largest absolute Gasteiger partial charge is 0.454 e. The number of nitrogens with zero attached hydrogens (tertiary/aromatic N) is 2. The Bertz CT molecular complexity index is 1140. The predicted octanol–water partition coefficient (Wildman–Crippen LogP) is 6.31. The van der Waals surface area contributed by atoms with Crippen molar-refractivity contribution in [2.24, 2.45) is 11.8 Å². The number of hydrogen-bond donors (Lipinski definition) is 2. The molecule has 2 aliphatic heterocycles. The second-order valence-electron chi connectivity index (χ2n) is 14.8. The number of esters is 2. The molecular formula is C36H60N2O6S2+2. The average molecular weight is 681 g/mol. The first-order chi connectivity index (χ1) is 20.8. The van der Waals surface area contributed by atoms with Crippen molar-refractivity contribution < 1.29 is 38.2 Å². The third-order valence-electron chi connectivity index (χ3n) is 10.4. The molecule has 0 aromatic carbocycles. The standard InChI is InChI=1S/2C17H26NO3S.2CH4/c2*1-18(2)10-9-14(12-18)21-16(19)17(20,13-6-3-4-7-13)15-8-5-11-22-15;;/h2*5,8,11,13-14,20H,3-4,6-7,9-10,12H2,1-2H3;2*1H4/q2*+1;;/t14-,17+;14-,17-;;/m11../s1. The van der Waals surface area contributed by atoms with Gasteiger partial charge in [0.2, 0.25) is 0 Å². The van der Waals surface area contributed by atoms with Crippen LogP contribution in [0.1, 0.15) is 88.8 Å². The van der Waals surface area contributed by atoms with Crippen LogP contribution in [0.25, 0.3) is 0 Å². The zero-order chi connectivity index (χ0) is 31.6. The number of ether oxygens (including phenoxy) is 2. The van der Waals surface area contributed by atoms with E-state index in [1.54, 1.807) is 0 Å². The zero-order valence-electron chi connectivity index (χ0n) is 26.9. The summed E-state index contributed by atoms with van der Waals surface area (Å²) >= 11 is 2.90. The van der Waals surface area contributed by atoms with Gasteiger partial charge in [0.25, 0.3) is 0 Å². The van der Waals surface area contributed by atoms with Crippen LogP contribution < -0.4 is 0 Å². The summed E-state index contributed by atoms with van der Waals surface area (Å²) in [6.07, 6.45) is 9.53. The molecule has 2 aromatic rings. The van der Waals surface area contributed by atoms with E-state index in [1.807, 2.05) is 35.0 Å². The predicted molar refractivity (Wildman–Crippen MR) is 186 cm³/mol. The monoisotopic (exact) mass is 680 g/mol. The lowest BCUT2D eigenvalue weighted by Crippen LogP contribution is -2.45. The van der Waals surface area contributed by atoms with E-state index in [1.165, 1.54) is 22.7 Å². The molecule has 2 N–H and O–H groups in total. The van der Waals surface area contributed by atoms with Crippen LogP contribution in [0.15, 0.2) is 35.0 Å². The summed E-state index contributed by atoms with van der Waals surface area (Å²) in [6, 6.07) is 7.50. The van der Waals surface area contributed by atoms with Crippen molar-refractivity contribution in [2.75, 3.05) is 54.4 Å². The van der Waals surface area contributed by atoms with Gasteiger partial charge in [0.15, 0.2) is 23.4 Å². The number of thiophene rings is 2. The quantitative estimate of drug-likeness (QED) is 0.251. The number of hydrogen-bond acceptors (Lipinski definition) is 8. The van der Waals surface area contributed by atoms with Crippen LogP contribution >= 0.6 is 22.7 Å². The van der Waals surface area contributed by atoms with Gasteiger partial charge in [-0.3, -0.25) is 0 Å². The molecule has 0 bridgehead atoms. The van der Waals surface area contributed by atoms with E-state index in [2.05, 4.69) is 28.2 Å². The smallest absolute Gasteiger partial charge is 0.344 e. The maximum absolute atomic E-state index is 12.8. The molecule has 0 unspecified atom stereocenters. The number of carbonyl (C=O) groups is 2. The molecule has 4 heterocycles. The average Bonchev–Trinajstić information content (AvgIpc) is 3.82. The minimum atomic E-state index is -1.45. The van der Waals surface area contributed by atoms with E-state index >= 15 is 0 Å². The minimum Gasteiger partial charge on any atom is -0.454 e. The molecule has 2 aromatic heterocycles. The summed E-state index contributed by atoms with van der Waals surface area (Å²) in [5.41, 5.74) is -2.91. The van der Waals surface area contributed by atoms with Crippen LogP contribution in [-0.2, 0) is 30.3 Å². The Morgan fingerprint density at radius 1 is 0.674 bits per heavy atom. The third kappa shape index (κ3) is 8.42. The first-order valence-electron chi connectivity index (χ1n) is 16.4. The molecule has 4 fully saturated rings. The van der Waals surface area contributed by atoms with E-state index in [4.69, 9.17) is 9.47 Å². The number of likely N-dealkylation sites (tertiary alicyclic amines) is 2. The minimum absolute atomic E-state index is 0. The highest BCUT2D eigenvalue weighted by Crippen LogP contribution is 2.45. The van der Waals surface area contributed by atoms with Crippen LogP contribution in [0, 0.1) is 11.8 Å². The summed E-state index contributed by atoms with van der Waals surface area (Å²) < 4.78 is 13.2. The van der Waals surface area contributed by atoms with Crippen molar-refractivity contribution in [3.63, 3.8) is 0 Å². The summed E-state index contributed by atoms with van der Waals surface area (Å²) in [7, 11) is 8.60. The van der Waals surface area contributed by atoms with Gasteiger partial charge in [-0.1, -0.05) is 52.7 Å². The Morgan fingerprint density at radius 3 is 1.28 bits per heavy atom. The highest BCUT2D eigenvalue weighted by molar-refractivity contribution is 7.10. The van der Waals surface area contributed by atoms with Crippen molar-refractivity contribution in [3.8, 4) is 0 Å². The van der Waals surface area contributed by atoms with Gasteiger partial charge < -0.3 is 28.7 Å². The number of aliphatic hydroxyl groups is 2. The SMILES string of the molecule is C.C.C[N+]1(C)CC[C@@H](OC(=O)[C@@](O)(c2cccs2)C2CCCC2)C1.C[N+]1(C)CC[C@@H](OC(=O)[C@](O)(c2cccs2)C2CCCC2)C1. The Morgan fingerprint density at radius 2 is 1.02 bits per heavy atom. The van der Waals surface area contributed by atoms with E-state index in [0.717, 1.165) is 109 Å². The van der Waals surface area contributed by atoms with Crippen LogP contribution in [-0.4, -0.2) is 97.7 Å². The first-order valence-corrected chi connectivity index (χ1v) is 18.2. The van der Waals surface area contributed by atoms with Gasteiger partial charge in [-0.2, -0.15) is 0 Å². The topological polar surface area (TPSA) is 93.1 Å². The number of likely N-dealkylation sites (N-methyl/N-ethyl adjacent to an activating group) is 2. The molecule has 2 aliphatic carbocycles. The normalized spacial score (nSPS) is 26.5. The van der Waals surface area contributed by atoms with Crippen molar-refractivity contribution in [1.29, 1.82) is 0 Å². The lowest BCUT2D eigenvalue weighted by molar-refractivity contribution is -0.879. The fourth-order valence-corrected chi connectivity index (χ4v) is 9.53.